The van der Waals surface area contributed by atoms with Gasteiger partial charge in [-0.2, -0.15) is 8.75 Å². The van der Waals surface area contributed by atoms with Crippen molar-refractivity contribution in [3.63, 3.8) is 0 Å². The molecule has 0 radical (unpaired) electrons. The minimum atomic E-state index is 0.367. The fourth-order valence-electron chi connectivity index (χ4n) is 7.48. The van der Waals surface area contributed by atoms with Crippen LogP contribution >= 0.6 is 79.7 Å². The van der Waals surface area contributed by atoms with E-state index in [1.54, 1.807) is 0 Å². The van der Waals surface area contributed by atoms with E-state index < -0.39 is 0 Å². The molecule has 304 valence electrons. The lowest BCUT2D eigenvalue weighted by atomic mass is 10.0. The van der Waals surface area contributed by atoms with Crippen LogP contribution in [0.5, 0.6) is 0 Å². The van der Waals surface area contributed by atoms with Gasteiger partial charge >= 0.3 is 0 Å². The fraction of sp³-hybridized carbons (Fsp3) is 0.333. The summed E-state index contributed by atoms with van der Waals surface area (Å²) in [5, 5.41) is 0. The lowest BCUT2D eigenvalue weighted by Crippen LogP contribution is -1.94. The van der Waals surface area contributed by atoms with E-state index in [9.17, 15) is 9.59 Å². The first-order valence-corrected chi connectivity index (χ1v) is 26.3. The molecular formula is C48H48N2O2S7. The van der Waals surface area contributed by atoms with Crippen LogP contribution in [0.1, 0.15) is 98.9 Å². The number of aryl methyl sites for hydroxylation is 4. The van der Waals surface area contributed by atoms with Gasteiger partial charge in [-0.25, -0.2) is 0 Å². The summed E-state index contributed by atoms with van der Waals surface area (Å²) in [5.74, 6) is 0.735. The number of ketones is 2. The number of unbranched alkanes of at least 4 members (excludes halogenated alkanes) is 4. The van der Waals surface area contributed by atoms with Gasteiger partial charge in [0.05, 0.1) is 11.7 Å². The number of hydrogen-bond donors (Lipinski definition) is 0. The molecule has 0 spiro atoms. The van der Waals surface area contributed by atoms with Gasteiger partial charge in [0.25, 0.3) is 0 Å². The molecule has 7 aromatic heterocycles. The molecule has 11 heteroatoms. The first-order valence-electron chi connectivity index (χ1n) is 20.7. The standard InChI is InChI=1S/C48H48N2O2S7/c1-5-33(51)15-11-7-9-13-31-27-43(39-21-17-29(3)53-39)57-47(31)41-25-23-37(55-41)35-19-20-36(46-45(35)49-59-50-46)38-24-26-42(56-38)48-32(14-10-8-12-16-34(52)6-2)28-44(58-48)40-22-18-30(4)54-40/h17-28H,5-16H2,1-4H3. The van der Waals surface area contributed by atoms with Crippen molar-refractivity contribution in [1.82, 2.24) is 8.75 Å². The Kier molecular flexibility index (Phi) is 14.0. The summed E-state index contributed by atoms with van der Waals surface area (Å²) in [6.07, 6.45) is 11.0. The second-order valence-corrected chi connectivity index (χ2v) is 22.5. The Bertz CT molecular complexity index is 2510. The van der Waals surface area contributed by atoms with Gasteiger partial charge in [0.1, 0.15) is 22.6 Å². The Hall–Kier alpha value is -3.42. The summed E-state index contributed by atoms with van der Waals surface area (Å²) in [6, 6.07) is 27.4. The van der Waals surface area contributed by atoms with Gasteiger partial charge < -0.3 is 0 Å². The van der Waals surface area contributed by atoms with Gasteiger partial charge in [0, 0.05) is 95.3 Å². The summed E-state index contributed by atoms with van der Waals surface area (Å²) in [5.41, 5.74) is 7.02. The lowest BCUT2D eigenvalue weighted by molar-refractivity contribution is -0.119. The zero-order valence-corrected chi connectivity index (χ0v) is 39.7. The molecule has 0 bridgehead atoms. The summed E-state index contributed by atoms with van der Waals surface area (Å²) < 4.78 is 9.78. The molecule has 59 heavy (non-hydrogen) atoms. The number of aromatic nitrogens is 2. The highest BCUT2D eigenvalue weighted by atomic mass is 32.1. The van der Waals surface area contributed by atoms with E-state index in [-0.39, 0.29) is 0 Å². The minimum Gasteiger partial charge on any atom is -0.300 e. The van der Waals surface area contributed by atoms with Gasteiger partial charge in [-0.3, -0.25) is 9.59 Å². The number of carbonyl (C=O) groups excluding carboxylic acids is 2. The van der Waals surface area contributed by atoms with Gasteiger partial charge in [0.15, 0.2) is 0 Å². The van der Waals surface area contributed by atoms with Crippen LogP contribution in [0.2, 0.25) is 0 Å². The molecule has 0 unspecified atom stereocenters. The van der Waals surface area contributed by atoms with Crippen molar-refractivity contribution in [2.24, 2.45) is 0 Å². The van der Waals surface area contributed by atoms with Crippen LogP contribution in [0.3, 0.4) is 0 Å². The van der Waals surface area contributed by atoms with Crippen molar-refractivity contribution in [1.29, 1.82) is 0 Å². The fourth-order valence-corrected chi connectivity index (χ4v) is 14.7. The Balaban J connectivity index is 1.05. The van der Waals surface area contributed by atoms with E-state index in [1.807, 2.05) is 81.9 Å². The van der Waals surface area contributed by atoms with Crippen molar-refractivity contribution in [2.45, 2.75) is 105 Å². The zero-order valence-electron chi connectivity index (χ0n) is 34.0. The van der Waals surface area contributed by atoms with Crippen molar-refractivity contribution in [3.05, 3.63) is 93.7 Å². The first kappa shape index (κ1) is 42.3. The van der Waals surface area contributed by atoms with E-state index >= 15 is 0 Å². The Morgan fingerprint density at radius 3 is 1.29 bits per heavy atom. The Labute approximate surface area is 376 Å². The number of nitrogens with zero attached hydrogens (tertiary/aromatic N) is 2. The third-order valence-electron chi connectivity index (χ3n) is 10.8. The molecule has 0 saturated carbocycles. The highest BCUT2D eigenvalue weighted by Crippen LogP contribution is 2.48. The molecule has 0 fully saturated rings. The van der Waals surface area contributed by atoms with Gasteiger partial charge in [-0.15, -0.1) is 68.0 Å². The molecule has 0 atom stereocenters. The average Bonchev–Trinajstić information content (AvgIpc) is 4.09. The topological polar surface area (TPSA) is 59.9 Å². The molecule has 0 amide bonds. The number of thiophene rings is 6. The van der Waals surface area contributed by atoms with Gasteiger partial charge in [-0.05, 0) is 124 Å². The second-order valence-electron chi connectivity index (χ2n) is 15.1. The summed E-state index contributed by atoms with van der Waals surface area (Å²) >= 11 is 12.5. The molecule has 8 aromatic rings. The predicted octanol–water partition coefficient (Wildman–Crippen LogP) is 16.8. The van der Waals surface area contributed by atoms with E-state index in [4.69, 9.17) is 8.75 Å². The quantitative estimate of drug-likeness (QED) is 0.0715. The summed E-state index contributed by atoms with van der Waals surface area (Å²) in [7, 11) is 0. The van der Waals surface area contributed by atoms with E-state index in [0.717, 1.165) is 73.5 Å². The maximum atomic E-state index is 11.9. The maximum absolute atomic E-state index is 11.9. The van der Waals surface area contributed by atoms with Crippen molar-refractivity contribution >= 4 is 102 Å². The summed E-state index contributed by atoms with van der Waals surface area (Å²) in [4.78, 5) is 39.5. The SMILES string of the molecule is CCC(=O)CCCCCc1cc(-c2ccc(C)s2)sc1-c1ccc(-c2ccc(-c3ccc(-c4sc(-c5ccc(C)s5)cc4CCCCCC(=O)CC)s3)c3nsnc23)s1. The largest absolute Gasteiger partial charge is 0.300 e. The van der Waals surface area contributed by atoms with Crippen LogP contribution in [0.25, 0.3) is 70.9 Å². The molecule has 0 aliphatic heterocycles. The Morgan fingerprint density at radius 2 is 0.881 bits per heavy atom. The lowest BCUT2D eigenvalue weighted by Gasteiger charge is -2.05. The number of Topliss-reactive ketones (excluding diaryl/α,β-unsaturated/α-hetero) is 2. The zero-order chi connectivity index (χ0) is 40.9. The van der Waals surface area contributed by atoms with Crippen molar-refractivity contribution in [2.75, 3.05) is 0 Å². The molecule has 4 nitrogen and oxygen atoms in total. The third kappa shape index (κ3) is 9.88. The van der Waals surface area contributed by atoms with E-state index in [2.05, 4.69) is 86.6 Å². The van der Waals surface area contributed by atoms with Gasteiger partial charge in [0.2, 0.25) is 0 Å². The van der Waals surface area contributed by atoms with Crippen LogP contribution in [0, 0.1) is 13.8 Å². The molecule has 0 saturated heterocycles. The van der Waals surface area contributed by atoms with Crippen molar-refractivity contribution < 1.29 is 9.59 Å². The smallest absolute Gasteiger partial charge is 0.132 e. The highest BCUT2D eigenvalue weighted by Gasteiger charge is 2.21. The predicted molar refractivity (Wildman–Crippen MR) is 262 cm³/mol. The highest BCUT2D eigenvalue weighted by molar-refractivity contribution is 7.28. The number of rotatable bonds is 20. The van der Waals surface area contributed by atoms with E-state index in [0.29, 0.717) is 37.2 Å². The van der Waals surface area contributed by atoms with Crippen molar-refractivity contribution in [3.8, 4) is 59.9 Å². The van der Waals surface area contributed by atoms with Gasteiger partial charge in [-0.1, -0.05) is 38.8 Å². The number of fused-ring (bicyclic) bond motifs is 1. The average molecular weight is 909 g/mol. The van der Waals surface area contributed by atoms with E-state index in [1.165, 1.54) is 81.4 Å². The normalized spacial score (nSPS) is 11.7. The molecule has 8 rings (SSSR count). The first-order chi connectivity index (χ1) is 28.8. The third-order valence-corrected chi connectivity index (χ3v) is 18.7. The van der Waals surface area contributed by atoms with Crippen LogP contribution < -0.4 is 0 Å². The Morgan fingerprint density at radius 1 is 0.458 bits per heavy atom. The van der Waals surface area contributed by atoms with Crippen LogP contribution in [0.4, 0.5) is 0 Å². The molecule has 0 aliphatic carbocycles. The maximum Gasteiger partial charge on any atom is 0.132 e. The monoisotopic (exact) mass is 908 g/mol. The molecule has 1 aromatic carbocycles. The van der Waals surface area contributed by atoms with Crippen LogP contribution in [-0.2, 0) is 22.4 Å². The molecule has 0 aliphatic rings. The summed E-state index contributed by atoms with van der Waals surface area (Å²) in [6.45, 7) is 8.27. The number of benzene rings is 1. The second kappa shape index (κ2) is 19.5. The molecular weight excluding hydrogens is 861 g/mol. The number of carbonyl (C=O) groups is 2. The number of hydrogen-bond acceptors (Lipinski definition) is 11. The minimum absolute atomic E-state index is 0.367. The van der Waals surface area contributed by atoms with Crippen LogP contribution in [-0.4, -0.2) is 20.3 Å². The molecule has 0 N–H and O–H groups in total. The molecule has 7 heterocycles. The van der Waals surface area contributed by atoms with Crippen LogP contribution in [0.15, 0.2) is 72.8 Å².